The van der Waals surface area contributed by atoms with Crippen molar-refractivity contribution in [2.24, 2.45) is 0 Å². The number of carbonyl (C=O) groups is 1. The van der Waals surface area contributed by atoms with Crippen LogP contribution in [0.15, 0.2) is 24.3 Å². The first-order valence-electron chi connectivity index (χ1n) is 4.51. The molecule has 1 nitrogen and oxygen atoms in total. The quantitative estimate of drug-likeness (QED) is 0.629. The number of hydrogen-bond donors (Lipinski definition) is 0. The summed E-state index contributed by atoms with van der Waals surface area (Å²) in [5.74, 6) is 1.25. The third-order valence-electron chi connectivity index (χ3n) is 2.61. The Hall–Kier alpha value is -0.820. The minimum atomic E-state index is 0.261. The Morgan fingerprint density at radius 3 is 2.92 bits per heavy atom. The van der Waals surface area contributed by atoms with Gasteiger partial charge in [-0.25, -0.2) is 0 Å². The molecule has 1 aliphatic rings. The van der Waals surface area contributed by atoms with Crippen molar-refractivity contribution in [3.05, 3.63) is 35.4 Å². The highest BCUT2D eigenvalue weighted by Gasteiger charge is 2.23. The van der Waals surface area contributed by atoms with Crippen LogP contribution in [0, 0.1) is 0 Å². The maximum atomic E-state index is 11.5. The molecule has 1 atom stereocenters. The predicted molar refractivity (Wildman–Crippen MR) is 53.5 cm³/mol. The summed E-state index contributed by atoms with van der Waals surface area (Å²) in [7, 11) is 0. The van der Waals surface area contributed by atoms with E-state index in [0.717, 1.165) is 17.5 Å². The molecule has 0 aromatic heterocycles. The molecule has 2 rings (SSSR count). The molecule has 68 valence electrons. The number of hydrogen-bond acceptors (Lipinski definition) is 1. The van der Waals surface area contributed by atoms with E-state index < -0.39 is 0 Å². The molecule has 0 radical (unpaired) electrons. The monoisotopic (exact) mass is 194 g/mol. The Morgan fingerprint density at radius 2 is 2.15 bits per heavy atom. The highest BCUT2D eigenvalue weighted by Crippen LogP contribution is 2.31. The van der Waals surface area contributed by atoms with Crippen molar-refractivity contribution in [1.29, 1.82) is 0 Å². The molecule has 0 N–H and O–H groups in total. The van der Waals surface area contributed by atoms with E-state index in [9.17, 15) is 4.79 Å². The molecule has 0 bridgehead atoms. The molecule has 0 heterocycles. The van der Waals surface area contributed by atoms with Crippen molar-refractivity contribution in [3.8, 4) is 0 Å². The van der Waals surface area contributed by atoms with Crippen LogP contribution in [0.2, 0.25) is 0 Å². The maximum absolute atomic E-state index is 11.5. The first-order valence-corrected chi connectivity index (χ1v) is 5.04. The van der Waals surface area contributed by atoms with E-state index in [1.807, 2.05) is 24.3 Å². The van der Waals surface area contributed by atoms with Crippen LogP contribution in [-0.4, -0.2) is 11.7 Å². The molecular weight excluding hydrogens is 184 g/mol. The Labute approximate surface area is 82.7 Å². The minimum absolute atomic E-state index is 0.261. The van der Waals surface area contributed by atoms with Crippen LogP contribution in [0.5, 0.6) is 0 Å². The average Bonchev–Trinajstić information content (AvgIpc) is 2.19. The molecule has 0 saturated carbocycles. The van der Waals surface area contributed by atoms with Gasteiger partial charge in [-0.1, -0.05) is 24.3 Å². The van der Waals surface area contributed by atoms with Gasteiger partial charge in [-0.2, -0.15) is 0 Å². The predicted octanol–water partition coefficient (Wildman–Crippen LogP) is 2.99. The van der Waals surface area contributed by atoms with Gasteiger partial charge in [0.15, 0.2) is 5.78 Å². The van der Waals surface area contributed by atoms with Crippen molar-refractivity contribution >= 4 is 17.4 Å². The largest absolute Gasteiger partial charge is 0.294 e. The lowest BCUT2D eigenvalue weighted by Gasteiger charge is -2.22. The third kappa shape index (κ3) is 1.49. The summed E-state index contributed by atoms with van der Waals surface area (Å²) in [6.07, 6.45) is 1.55. The van der Waals surface area contributed by atoms with E-state index in [0.29, 0.717) is 18.2 Å². The second-order valence-corrected chi connectivity index (χ2v) is 3.71. The molecule has 1 unspecified atom stereocenters. The highest BCUT2D eigenvalue weighted by atomic mass is 35.5. The summed E-state index contributed by atoms with van der Waals surface area (Å²) < 4.78 is 0. The summed E-state index contributed by atoms with van der Waals surface area (Å²) in [5.41, 5.74) is 2.01. The van der Waals surface area contributed by atoms with Crippen LogP contribution in [-0.2, 0) is 0 Å². The van der Waals surface area contributed by atoms with Gasteiger partial charge in [-0.05, 0) is 17.9 Å². The van der Waals surface area contributed by atoms with Gasteiger partial charge in [0.25, 0.3) is 0 Å². The second kappa shape index (κ2) is 3.51. The lowest BCUT2D eigenvalue weighted by atomic mass is 9.83. The van der Waals surface area contributed by atoms with Gasteiger partial charge < -0.3 is 0 Å². The number of ketones is 1. The normalized spacial score (nSPS) is 21.3. The average molecular weight is 195 g/mol. The summed E-state index contributed by atoms with van der Waals surface area (Å²) in [6.45, 7) is 0. The van der Waals surface area contributed by atoms with Crippen LogP contribution in [0.25, 0.3) is 0 Å². The Morgan fingerprint density at radius 1 is 1.38 bits per heavy atom. The molecule has 1 aromatic rings. The lowest BCUT2D eigenvalue weighted by Crippen LogP contribution is -2.16. The molecule has 0 saturated heterocycles. The van der Waals surface area contributed by atoms with Gasteiger partial charge in [0.05, 0.1) is 0 Å². The molecule has 0 aliphatic heterocycles. The van der Waals surface area contributed by atoms with Crippen LogP contribution < -0.4 is 0 Å². The van der Waals surface area contributed by atoms with E-state index in [1.165, 1.54) is 0 Å². The summed E-state index contributed by atoms with van der Waals surface area (Å²) >= 11 is 5.84. The molecule has 0 fully saturated rings. The van der Waals surface area contributed by atoms with Gasteiger partial charge >= 0.3 is 0 Å². The fourth-order valence-corrected chi connectivity index (χ4v) is 2.18. The smallest absolute Gasteiger partial charge is 0.163 e. The number of Topliss-reactive ketones (excluding diaryl/α,β-unsaturated/α-hetero) is 1. The summed E-state index contributed by atoms with van der Waals surface area (Å²) in [5, 5.41) is 0. The molecule has 0 spiro atoms. The zero-order valence-corrected chi connectivity index (χ0v) is 8.05. The van der Waals surface area contributed by atoms with Gasteiger partial charge in [-0.15, -0.1) is 11.6 Å². The summed E-state index contributed by atoms with van der Waals surface area (Å²) in [6, 6.07) is 7.79. The number of alkyl halides is 1. The minimum Gasteiger partial charge on any atom is -0.294 e. The fraction of sp³-hybridized carbons (Fsp3) is 0.364. The first kappa shape index (κ1) is 8.76. The number of carbonyl (C=O) groups excluding carboxylic acids is 1. The van der Waals surface area contributed by atoms with Gasteiger partial charge in [0.2, 0.25) is 0 Å². The number of fused-ring (bicyclic) bond motifs is 1. The van der Waals surface area contributed by atoms with E-state index in [1.54, 1.807) is 0 Å². The van der Waals surface area contributed by atoms with Crippen molar-refractivity contribution in [1.82, 2.24) is 0 Å². The van der Waals surface area contributed by atoms with Crippen LogP contribution in [0.1, 0.15) is 34.7 Å². The summed E-state index contributed by atoms with van der Waals surface area (Å²) in [4.78, 5) is 11.5. The first-order chi connectivity index (χ1) is 6.33. The molecule has 13 heavy (non-hydrogen) atoms. The van der Waals surface area contributed by atoms with E-state index in [4.69, 9.17) is 11.6 Å². The van der Waals surface area contributed by atoms with Crippen molar-refractivity contribution in [2.45, 2.75) is 18.8 Å². The zero-order chi connectivity index (χ0) is 9.26. The standard InChI is InChI=1S/C11H11ClO/c12-7-8-5-6-11(13)10-4-2-1-3-9(8)10/h1-4,8H,5-7H2. The number of rotatable bonds is 1. The maximum Gasteiger partial charge on any atom is 0.163 e. The molecular formula is C11H11ClO. The van der Waals surface area contributed by atoms with Crippen molar-refractivity contribution in [3.63, 3.8) is 0 Å². The Kier molecular flexibility index (Phi) is 2.36. The highest BCUT2D eigenvalue weighted by molar-refractivity contribution is 6.18. The van der Waals surface area contributed by atoms with E-state index in [-0.39, 0.29) is 5.78 Å². The lowest BCUT2D eigenvalue weighted by molar-refractivity contribution is 0.0968. The molecule has 0 amide bonds. The third-order valence-corrected chi connectivity index (χ3v) is 2.98. The van der Waals surface area contributed by atoms with E-state index in [2.05, 4.69) is 0 Å². The van der Waals surface area contributed by atoms with Crippen LogP contribution >= 0.6 is 11.6 Å². The Bertz CT molecular complexity index is 333. The van der Waals surface area contributed by atoms with Gasteiger partial charge in [0, 0.05) is 17.9 Å². The number of halogens is 1. The van der Waals surface area contributed by atoms with Crippen LogP contribution in [0.3, 0.4) is 0 Å². The second-order valence-electron chi connectivity index (χ2n) is 3.40. The van der Waals surface area contributed by atoms with Crippen molar-refractivity contribution in [2.75, 3.05) is 5.88 Å². The Balaban J connectivity index is 2.47. The van der Waals surface area contributed by atoms with Crippen molar-refractivity contribution < 1.29 is 4.79 Å². The topological polar surface area (TPSA) is 17.1 Å². The zero-order valence-electron chi connectivity index (χ0n) is 7.29. The van der Waals surface area contributed by atoms with Gasteiger partial charge in [0.1, 0.15) is 0 Å². The number of benzene rings is 1. The van der Waals surface area contributed by atoms with Crippen LogP contribution in [0.4, 0.5) is 0 Å². The van der Waals surface area contributed by atoms with E-state index >= 15 is 0 Å². The molecule has 2 heteroatoms. The molecule has 1 aliphatic carbocycles. The SMILES string of the molecule is O=C1CCC(CCl)c2ccccc21. The fourth-order valence-electron chi connectivity index (χ4n) is 1.86. The molecule has 1 aromatic carbocycles. The van der Waals surface area contributed by atoms with Gasteiger partial charge in [-0.3, -0.25) is 4.79 Å².